The Kier molecular flexibility index (Phi) is 8.95. The van der Waals surface area contributed by atoms with Gasteiger partial charge in [-0.25, -0.2) is 0 Å². The van der Waals surface area contributed by atoms with Gasteiger partial charge in [-0.15, -0.1) is 0 Å². The van der Waals surface area contributed by atoms with Crippen molar-refractivity contribution in [3.8, 4) is 0 Å². The topological polar surface area (TPSA) is 96.7 Å². The van der Waals surface area contributed by atoms with Crippen molar-refractivity contribution in [2.24, 2.45) is 5.92 Å². The van der Waals surface area contributed by atoms with E-state index in [4.69, 9.17) is 22.1 Å². The zero-order valence-corrected chi connectivity index (χ0v) is 21.4. The van der Waals surface area contributed by atoms with Crippen LogP contribution in [0.4, 0.5) is 17.1 Å². The van der Waals surface area contributed by atoms with E-state index in [2.05, 4.69) is 15.5 Å². The second kappa shape index (κ2) is 12.5. The number of benzene rings is 3. The molecule has 1 fully saturated rings. The lowest BCUT2D eigenvalue weighted by atomic mass is 9.88. The van der Waals surface area contributed by atoms with Crippen LogP contribution in [-0.4, -0.2) is 50.1 Å². The van der Waals surface area contributed by atoms with Crippen LogP contribution >= 0.6 is 11.6 Å². The molecular formula is C29H31ClN4O3. The number of nitrogen functional groups attached to an aromatic ring is 1. The van der Waals surface area contributed by atoms with Gasteiger partial charge in [-0.05, 0) is 53.6 Å². The number of carbonyl (C=O) groups is 2. The van der Waals surface area contributed by atoms with E-state index in [0.717, 1.165) is 29.9 Å². The third-order valence-electron chi connectivity index (χ3n) is 6.47. The standard InChI is InChI=1S/C29H31ClN4O3/c1-37-17-16-34-18-24(25(19-34)29(36)32-23-13-11-22(30)12-14-23)21-9-6-20(7-10-21)8-15-28(35)33-27-5-3-2-4-26(27)31/h2-15,24-25H,16-19,31H2,1H3,(H,32,36)(H,33,35). The molecule has 192 valence electrons. The number of nitrogens with two attached hydrogens (primary N) is 1. The van der Waals surface area contributed by atoms with Crippen LogP contribution < -0.4 is 16.4 Å². The Balaban J connectivity index is 1.44. The average molecular weight is 519 g/mol. The lowest BCUT2D eigenvalue weighted by molar-refractivity contribution is -0.120. The van der Waals surface area contributed by atoms with Crippen LogP contribution in [0.25, 0.3) is 6.08 Å². The number of ether oxygens (including phenoxy) is 1. The van der Waals surface area contributed by atoms with E-state index in [1.54, 1.807) is 49.6 Å². The number of nitrogens with one attached hydrogen (secondary N) is 2. The summed E-state index contributed by atoms with van der Waals surface area (Å²) in [6.07, 6.45) is 3.23. The normalized spacial score (nSPS) is 17.7. The van der Waals surface area contributed by atoms with Crippen LogP contribution in [0.5, 0.6) is 0 Å². The van der Waals surface area contributed by atoms with E-state index < -0.39 is 0 Å². The minimum atomic E-state index is -0.259. The lowest BCUT2D eigenvalue weighted by Gasteiger charge is -2.19. The first kappa shape index (κ1) is 26.4. The fourth-order valence-electron chi connectivity index (χ4n) is 4.47. The molecule has 8 heteroatoms. The number of amides is 2. The van der Waals surface area contributed by atoms with Gasteiger partial charge in [-0.1, -0.05) is 48.0 Å². The molecule has 2 unspecified atom stereocenters. The Bertz CT molecular complexity index is 1240. The molecule has 0 aromatic heterocycles. The zero-order valence-electron chi connectivity index (χ0n) is 20.7. The largest absolute Gasteiger partial charge is 0.397 e. The summed E-state index contributed by atoms with van der Waals surface area (Å²) in [6, 6.07) is 22.2. The minimum absolute atomic E-state index is 0.0203. The molecule has 7 nitrogen and oxygen atoms in total. The average Bonchev–Trinajstić information content (AvgIpc) is 3.34. The van der Waals surface area contributed by atoms with Crippen LogP contribution in [0.2, 0.25) is 5.02 Å². The summed E-state index contributed by atoms with van der Waals surface area (Å²) >= 11 is 5.98. The SMILES string of the molecule is COCCN1CC(C(=O)Nc2ccc(Cl)cc2)C(c2ccc(C=CC(=O)Nc3ccccc3N)cc2)C1. The molecule has 2 amide bonds. The molecule has 0 radical (unpaired) electrons. The number of likely N-dealkylation sites (tertiary alicyclic amines) is 1. The predicted molar refractivity (Wildman–Crippen MR) is 150 cm³/mol. The Hall–Kier alpha value is -3.65. The van der Waals surface area contributed by atoms with E-state index in [9.17, 15) is 9.59 Å². The number of hydrogen-bond donors (Lipinski definition) is 3. The molecule has 1 aliphatic rings. The first-order valence-electron chi connectivity index (χ1n) is 12.1. The van der Waals surface area contributed by atoms with Crippen LogP contribution in [0, 0.1) is 5.92 Å². The number of hydrogen-bond acceptors (Lipinski definition) is 5. The number of methoxy groups -OCH3 is 1. The molecule has 0 spiro atoms. The summed E-state index contributed by atoms with van der Waals surface area (Å²) in [6.45, 7) is 2.79. The van der Waals surface area contributed by atoms with Crippen molar-refractivity contribution in [2.75, 3.05) is 49.7 Å². The van der Waals surface area contributed by atoms with Gasteiger partial charge >= 0.3 is 0 Å². The summed E-state index contributed by atoms with van der Waals surface area (Å²) in [7, 11) is 1.68. The van der Waals surface area contributed by atoms with E-state index in [0.29, 0.717) is 29.5 Å². The van der Waals surface area contributed by atoms with Gasteiger partial charge in [0.05, 0.1) is 23.9 Å². The number of rotatable bonds is 9. The van der Waals surface area contributed by atoms with E-state index >= 15 is 0 Å². The number of anilines is 3. The summed E-state index contributed by atoms with van der Waals surface area (Å²) in [5, 5.41) is 6.44. The van der Waals surface area contributed by atoms with Crippen LogP contribution in [0.1, 0.15) is 17.0 Å². The highest BCUT2D eigenvalue weighted by Gasteiger charge is 2.38. The molecule has 37 heavy (non-hydrogen) atoms. The smallest absolute Gasteiger partial charge is 0.248 e. The second-order valence-electron chi connectivity index (χ2n) is 9.04. The molecule has 4 rings (SSSR count). The molecular weight excluding hydrogens is 488 g/mol. The van der Waals surface area contributed by atoms with E-state index in [-0.39, 0.29) is 23.7 Å². The van der Waals surface area contributed by atoms with Crippen molar-refractivity contribution in [1.82, 2.24) is 4.90 Å². The highest BCUT2D eigenvalue weighted by Crippen LogP contribution is 2.34. The molecule has 2 atom stereocenters. The molecule has 1 saturated heterocycles. The third-order valence-corrected chi connectivity index (χ3v) is 6.72. The number of nitrogens with zero attached hydrogens (tertiary/aromatic N) is 1. The number of para-hydroxylation sites is 2. The van der Waals surface area contributed by atoms with Crippen molar-refractivity contribution >= 4 is 46.6 Å². The number of carbonyl (C=O) groups excluding carboxylic acids is 2. The lowest BCUT2D eigenvalue weighted by Crippen LogP contribution is -2.29. The van der Waals surface area contributed by atoms with Crippen molar-refractivity contribution in [3.63, 3.8) is 0 Å². The highest BCUT2D eigenvalue weighted by atomic mass is 35.5. The van der Waals surface area contributed by atoms with Crippen LogP contribution in [0.3, 0.4) is 0 Å². The van der Waals surface area contributed by atoms with E-state index in [1.807, 2.05) is 36.4 Å². The van der Waals surface area contributed by atoms with Crippen LogP contribution in [-0.2, 0) is 14.3 Å². The molecule has 0 aliphatic carbocycles. The molecule has 3 aromatic carbocycles. The second-order valence-corrected chi connectivity index (χ2v) is 9.47. The van der Waals surface area contributed by atoms with Gasteiger partial charge in [0.2, 0.25) is 11.8 Å². The maximum atomic E-state index is 13.3. The van der Waals surface area contributed by atoms with E-state index in [1.165, 1.54) is 6.08 Å². The third kappa shape index (κ3) is 7.20. The van der Waals surface area contributed by atoms with Gasteiger partial charge in [-0.3, -0.25) is 14.5 Å². The Morgan fingerprint density at radius 3 is 2.46 bits per heavy atom. The van der Waals surface area contributed by atoms with Crippen LogP contribution in [0.15, 0.2) is 78.9 Å². The van der Waals surface area contributed by atoms with Gasteiger partial charge < -0.3 is 21.1 Å². The van der Waals surface area contributed by atoms with Crippen molar-refractivity contribution in [3.05, 3.63) is 95.0 Å². The molecule has 3 aromatic rings. The molecule has 4 N–H and O–H groups in total. The minimum Gasteiger partial charge on any atom is -0.397 e. The van der Waals surface area contributed by atoms with Gasteiger partial charge in [0.25, 0.3) is 0 Å². The van der Waals surface area contributed by atoms with Gasteiger partial charge in [0.1, 0.15) is 0 Å². The summed E-state index contributed by atoms with van der Waals surface area (Å²) in [5.74, 6) is -0.457. The fourth-order valence-corrected chi connectivity index (χ4v) is 4.60. The summed E-state index contributed by atoms with van der Waals surface area (Å²) in [5.41, 5.74) is 9.67. The molecule has 0 saturated carbocycles. The Morgan fingerprint density at radius 2 is 1.76 bits per heavy atom. The predicted octanol–water partition coefficient (Wildman–Crippen LogP) is 4.87. The quantitative estimate of drug-likeness (QED) is 0.277. The maximum absolute atomic E-state index is 13.3. The first-order valence-corrected chi connectivity index (χ1v) is 12.5. The first-order chi connectivity index (χ1) is 17.9. The Morgan fingerprint density at radius 1 is 1.03 bits per heavy atom. The van der Waals surface area contributed by atoms with Gasteiger partial charge in [-0.2, -0.15) is 0 Å². The molecule has 0 bridgehead atoms. The summed E-state index contributed by atoms with van der Waals surface area (Å²) in [4.78, 5) is 27.8. The van der Waals surface area contributed by atoms with Crippen molar-refractivity contribution in [2.45, 2.75) is 5.92 Å². The monoisotopic (exact) mass is 518 g/mol. The van der Waals surface area contributed by atoms with Crippen molar-refractivity contribution < 1.29 is 14.3 Å². The van der Waals surface area contributed by atoms with Crippen molar-refractivity contribution in [1.29, 1.82) is 0 Å². The fraction of sp³-hybridized carbons (Fsp3) is 0.241. The van der Waals surface area contributed by atoms with Gasteiger partial charge in [0.15, 0.2) is 0 Å². The maximum Gasteiger partial charge on any atom is 0.248 e. The molecule has 1 aliphatic heterocycles. The highest BCUT2D eigenvalue weighted by molar-refractivity contribution is 6.30. The Labute approximate surface area is 222 Å². The summed E-state index contributed by atoms with van der Waals surface area (Å²) < 4.78 is 5.25. The van der Waals surface area contributed by atoms with Gasteiger partial charge in [0, 0.05) is 49.4 Å². The number of halogens is 1. The zero-order chi connectivity index (χ0) is 26.2. The molecule has 1 heterocycles.